The Morgan fingerprint density at radius 2 is 2.11 bits per heavy atom. The first-order chi connectivity index (χ1) is 12.2. The van der Waals surface area contributed by atoms with Crippen LogP contribution in [0.4, 0.5) is 4.79 Å². The monoisotopic (exact) mass is 509 g/mol. The fourth-order valence-corrected chi connectivity index (χ4v) is 3.75. The van der Waals surface area contributed by atoms with E-state index < -0.39 is 5.60 Å². The summed E-state index contributed by atoms with van der Waals surface area (Å²) >= 11 is 1.70. The van der Waals surface area contributed by atoms with Gasteiger partial charge < -0.3 is 20.3 Å². The van der Waals surface area contributed by atoms with Gasteiger partial charge in [-0.1, -0.05) is 0 Å². The van der Waals surface area contributed by atoms with Crippen molar-refractivity contribution in [3.05, 3.63) is 15.6 Å². The van der Waals surface area contributed by atoms with E-state index >= 15 is 0 Å². The number of guanidine groups is 1. The SMILES string of the molecule is CN=C(NCc1sc(C)nc1C)NC1CCCN(C(=O)OC(C)(C)C)C1.I. The average Bonchev–Trinajstić information content (AvgIpc) is 2.87. The number of aliphatic imine (C=N–C) groups is 1. The number of ether oxygens (including phenoxy) is 1. The molecule has 1 aliphatic heterocycles. The molecule has 1 atom stereocenters. The predicted octanol–water partition coefficient (Wildman–Crippen LogP) is 3.44. The van der Waals surface area contributed by atoms with Gasteiger partial charge in [0.05, 0.1) is 17.2 Å². The number of halogens is 1. The normalized spacial score (nSPS) is 17.9. The van der Waals surface area contributed by atoms with E-state index in [1.807, 2.05) is 34.6 Å². The third kappa shape index (κ3) is 7.81. The molecule has 1 fully saturated rings. The second kappa shape index (κ2) is 10.4. The standard InChI is InChI=1S/C18H31N5O2S.HI/c1-12-15(26-13(2)21-12)10-20-16(19-6)22-14-8-7-9-23(11-14)17(24)25-18(3,4)5;/h14H,7-11H2,1-6H3,(H2,19,20,22);1H. The molecule has 0 radical (unpaired) electrons. The molecule has 1 aromatic heterocycles. The summed E-state index contributed by atoms with van der Waals surface area (Å²) in [5.74, 6) is 0.742. The number of rotatable bonds is 3. The van der Waals surface area contributed by atoms with Gasteiger partial charge in [0.1, 0.15) is 5.60 Å². The number of hydrogen-bond donors (Lipinski definition) is 2. The second-order valence-corrected chi connectivity index (χ2v) is 8.86. The van der Waals surface area contributed by atoms with Crippen LogP contribution in [0.25, 0.3) is 0 Å². The Morgan fingerprint density at radius 3 is 2.67 bits per heavy atom. The lowest BCUT2D eigenvalue weighted by Gasteiger charge is -2.35. The quantitative estimate of drug-likeness (QED) is 0.371. The maximum atomic E-state index is 12.3. The summed E-state index contributed by atoms with van der Waals surface area (Å²) in [6, 6.07) is 0.159. The number of nitrogens with zero attached hydrogens (tertiary/aromatic N) is 3. The molecule has 27 heavy (non-hydrogen) atoms. The van der Waals surface area contributed by atoms with Crippen molar-refractivity contribution in [1.29, 1.82) is 0 Å². The van der Waals surface area contributed by atoms with Gasteiger partial charge in [-0.05, 0) is 47.5 Å². The van der Waals surface area contributed by atoms with E-state index in [9.17, 15) is 4.79 Å². The zero-order chi connectivity index (χ0) is 19.3. The van der Waals surface area contributed by atoms with Crippen LogP contribution in [0.1, 0.15) is 49.2 Å². The van der Waals surface area contributed by atoms with Crippen LogP contribution in [0.2, 0.25) is 0 Å². The molecular formula is C18H32IN5O2S. The highest BCUT2D eigenvalue weighted by Gasteiger charge is 2.28. The summed E-state index contributed by atoms with van der Waals surface area (Å²) in [5.41, 5.74) is 0.587. The van der Waals surface area contributed by atoms with Gasteiger partial charge in [0.2, 0.25) is 0 Å². The van der Waals surface area contributed by atoms with Gasteiger partial charge in [-0.3, -0.25) is 4.99 Å². The van der Waals surface area contributed by atoms with Crippen molar-refractivity contribution in [2.75, 3.05) is 20.1 Å². The molecule has 1 amide bonds. The zero-order valence-corrected chi connectivity index (χ0v) is 20.2. The maximum absolute atomic E-state index is 12.3. The number of aryl methyl sites for hydroxylation is 2. The van der Waals surface area contributed by atoms with E-state index in [0.717, 1.165) is 36.0 Å². The van der Waals surface area contributed by atoms with Crippen molar-refractivity contribution in [2.24, 2.45) is 4.99 Å². The van der Waals surface area contributed by atoms with Crippen molar-refractivity contribution in [3.63, 3.8) is 0 Å². The van der Waals surface area contributed by atoms with E-state index in [-0.39, 0.29) is 36.1 Å². The molecule has 0 aromatic carbocycles. The fraction of sp³-hybridized carbons (Fsp3) is 0.722. The molecule has 2 heterocycles. The molecule has 1 unspecified atom stereocenters. The van der Waals surface area contributed by atoms with E-state index in [0.29, 0.717) is 13.1 Å². The van der Waals surface area contributed by atoms with Crippen LogP contribution in [-0.4, -0.2) is 53.7 Å². The number of aromatic nitrogens is 1. The smallest absolute Gasteiger partial charge is 0.410 e. The molecule has 2 rings (SSSR count). The van der Waals surface area contributed by atoms with Crippen LogP contribution >= 0.6 is 35.3 Å². The highest BCUT2D eigenvalue weighted by Crippen LogP contribution is 2.17. The Bertz CT molecular complexity index is 657. The van der Waals surface area contributed by atoms with Crippen LogP contribution in [-0.2, 0) is 11.3 Å². The number of likely N-dealkylation sites (tertiary alicyclic amines) is 1. The van der Waals surface area contributed by atoms with Crippen LogP contribution in [0.15, 0.2) is 4.99 Å². The van der Waals surface area contributed by atoms with Gasteiger partial charge in [0.25, 0.3) is 0 Å². The van der Waals surface area contributed by atoms with Crippen LogP contribution in [0.5, 0.6) is 0 Å². The number of carbonyl (C=O) groups excluding carboxylic acids is 1. The minimum Gasteiger partial charge on any atom is -0.444 e. The Hall–Kier alpha value is -1.10. The largest absolute Gasteiger partial charge is 0.444 e. The average molecular weight is 509 g/mol. The van der Waals surface area contributed by atoms with E-state index in [4.69, 9.17) is 4.74 Å². The number of nitrogens with one attached hydrogen (secondary N) is 2. The van der Waals surface area contributed by atoms with E-state index in [2.05, 4.69) is 20.6 Å². The Balaban J connectivity index is 0.00000364. The molecule has 0 aliphatic carbocycles. The highest BCUT2D eigenvalue weighted by atomic mass is 127. The van der Waals surface area contributed by atoms with Crippen molar-refractivity contribution in [3.8, 4) is 0 Å². The lowest BCUT2D eigenvalue weighted by atomic mass is 10.1. The Kier molecular flexibility index (Phi) is 9.26. The summed E-state index contributed by atoms with van der Waals surface area (Å²) in [4.78, 5) is 24.0. The summed E-state index contributed by atoms with van der Waals surface area (Å²) in [6.45, 7) is 11.8. The third-order valence-corrected chi connectivity index (χ3v) is 5.13. The zero-order valence-electron chi connectivity index (χ0n) is 17.1. The topological polar surface area (TPSA) is 78.9 Å². The van der Waals surface area contributed by atoms with Gasteiger partial charge in [-0.2, -0.15) is 0 Å². The summed E-state index contributed by atoms with van der Waals surface area (Å²) < 4.78 is 5.49. The van der Waals surface area contributed by atoms with Crippen molar-refractivity contribution < 1.29 is 9.53 Å². The summed E-state index contributed by atoms with van der Waals surface area (Å²) in [7, 11) is 1.76. The predicted molar refractivity (Wildman–Crippen MR) is 121 cm³/mol. The van der Waals surface area contributed by atoms with Crippen molar-refractivity contribution in [2.45, 2.75) is 65.6 Å². The molecule has 154 valence electrons. The first kappa shape index (κ1) is 23.9. The summed E-state index contributed by atoms with van der Waals surface area (Å²) in [6.07, 6.45) is 1.70. The number of hydrogen-bond acceptors (Lipinski definition) is 5. The van der Waals surface area contributed by atoms with Gasteiger partial charge in [0, 0.05) is 31.1 Å². The molecule has 2 N–H and O–H groups in total. The van der Waals surface area contributed by atoms with Crippen LogP contribution < -0.4 is 10.6 Å². The fourth-order valence-electron chi connectivity index (χ4n) is 2.88. The first-order valence-electron chi connectivity index (χ1n) is 9.06. The van der Waals surface area contributed by atoms with Gasteiger partial charge in [0.15, 0.2) is 5.96 Å². The second-order valence-electron chi connectivity index (χ2n) is 7.58. The molecule has 0 spiro atoms. The lowest BCUT2D eigenvalue weighted by molar-refractivity contribution is 0.0193. The minimum absolute atomic E-state index is 0. The Labute approximate surface area is 183 Å². The van der Waals surface area contributed by atoms with Crippen molar-refractivity contribution in [1.82, 2.24) is 20.5 Å². The van der Waals surface area contributed by atoms with Crippen LogP contribution in [0, 0.1) is 13.8 Å². The van der Waals surface area contributed by atoms with Crippen LogP contribution in [0.3, 0.4) is 0 Å². The highest BCUT2D eigenvalue weighted by molar-refractivity contribution is 14.0. The first-order valence-corrected chi connectivity index (χ1v) is 9.87. The maximum Gasteiger partial charge on any atom is 0.410 e. The third-order valence-electron chi connectivity index (χ3n) is 4.05. The molecule has 1 aliphatic rings. The molecular weight excluding hydrogens is 477 g/mol. The van der Waals surface area contributed by atoms with E-state index in [1.165, 1.54) is 4.88 Å². The molecule has 1 saturated heterocycles. The number of amides is 1. The molecule has 7 nitrogen and oxygen atoms in total. The van der Waals surface area contributed by atoms with Gasteiger partial charge >= 0.3 is 6.09 Å². The summed E-state index contributed by atoms with van der Waals surface area (Å²) in [5, 5.41) is 7.84. The van der Waals surface area contributed by atoms with Crippen molar-refractivity contribution >= 4 is 47.4 Å². The van der Waals surface area contributed by atoms with E-state index in [1.54, 1.807) is 23.3 Å². The minimum atomic E-state index is -0.472. The van der Waals surface area contributed by atoms with Gasteiger partial charge in [-0.15, -0.1) is 35.3 Å². The molecule has 0 bridgehead atoms. The number of carbonyl (C=O) groups is 1. The number of thiazole rings is 1. The number of piperidine rings is 1. The molecule has 1 aromatic rings. The Morgan fingerprint density at radius 1 is 1.41 bits per heavy atom. The van der Waals surface area contributed by atoms with Gasteiger partial charge in [-0.25, -0.2) is 9.78 Å². The molecule has 9 heteroatoms. The molecule has 0 saturated carbocycles. The lowest BCUT2D eigenvalue weighted by Crippen LogP contribution is -2.53.